The monoisotopic (exact) mass is 299 g/mol. The van der Waals surface area contributed by atoms with Crippen molar-refractivity contribution in [3.63, 3.8) is 0 Å². The van der Waals surface area contributed by atoms with E-state index in [0.717, 1.165) is 6.26 Å². The molecule has 0 aliphatic heterocycles. The highest BCUT2D eigenvalue weighted by atomic mass is 32.2. The largest absolute Gasteiger partial charge is 0.478 e. The van der Waals surface area contributed by atoms with Crippen LogP contribution in [0, 0.1) is 0 Å². The molecule has 1 rings (SSSR count). The Kier molecular flexibility index (Phi) is 5.26. The van der Waals surface area contributed by atoms with Crippen LogP contribution in [0.2, 0.25) is 0 Å². The quantitative estimate of drug-likeness (QED) is 0.822. The van der Waals surface area contributed by atoms with Crippen LogP contribution < -0.4 is 0 Å². The Morgan fingerprint density at radius 2 is 1.85 bits per heavy atom. The van der Waals surface area contributed by atoms with Gasteiger partial charge in [-0.05, 0) is 18.1 Å². The van der Waals surface area contributed by atoms with E-state index in [1.54, 1.807) is 18.2 Å². The first-order valence-electron chi connectivity index (χ1n) is 5.93. The second-order valence-corrected chi connectivity index (χ2v) is 6.74. The molecular formula is C13H17NO5S. The van der Waals surface area contributed by atoms with E-state index in [9.17, 15) is 18.0 Å². The molecule has 0 unspecified atom stereocenters. The fraction of sp³-hybridized carbons (Fsp3) is 0.385. The topological polar surface area (TPSA) is 91.8 Å². The van der Waals surface area contributed by atoms with Gasteiger partial charge in [-0.15, -0.1) is 0 Å². The van der Waals surface area contributed by atoms with E-state index < -0.39 is 27.5 Å². The van der Waals surface area contributed by atoms with E-state index in [1.807, 2.05) is 0 Å². The number of carbonyl (C=O) groups is 2. The molecule has 0 aromatic heterocycles. The van der Waals surface area contributed by atoms with Crippen LogP contribution in [0.4, 0.5) is 0 Å². The van der Waals surface area contributed by atoms with E-state index in [1.165, 1.54) is 18.0 Å². The van der Waals surface area contributed by atoms with Gasteiger partial charge in [-0.2, -0.15) is 0 Å². The molecule has 1 amide bonds. The van der Waals surface area contributed by atoms with Gasteiger partial charge in [-0.25, -0.2) is 13.2 Å². The van der Waals surface area contributed by atoms with E-state index >= 15 is 0 Å². The van der Waals surface area contributed by atoms with Gasteiger partial charge < -0.3 is 10.0 Å². The molecular weight excluding hydrogens is 282 g/mol. The number of benzene rings is 1. The molecule has 0 saturated carbocycles. The summed E-state index contributed by atoms with van der Waals surface area (Å²) in [4.78, 5) is 23.9. The molecule has 0 heterocycles. The van der Waals surface area contributed by atoms with E-state index in [0.29, 0.717) is 12.0 Å². The molecule has 7 heteroatoms. The van der Waals surface area contributed by atoms with Crippen LogP contribution in [-0.4, -0.2) is 55.9 Å². The fourth-order valence-corrected chi connectivity index (χ4v) is 2.36. The zero-order chi connectivity index (χ0) is 15.3. The summed E-state index contributed by atoms with van der Waals surface area (Å²) in [6, 6.07) is 6.53. The van der Waals surface area contributed by atoms with Crippen molar-refractivity contribution in [2.45, 2.75) is 6.42 Å². The van der Waals surface area contributed by atoms with E-state index in [-0.39, 0.29) is 12.1 Å². The minimum absolute atomic E-state index is 0.191. The van der Waals surface area contributed by atoms with Gasteiger partial charge in [0.15, 0.2) is 9.84 Å². The third kappa shape index (κ3) is 5.00. The van der Waals surface area contributed by atoms with Crippen molar-refractivity contribution in [1.82, 2.24) is 4.90 Å². The average Bonchev–Trinajstić information content (AvgIpc) is 2.34. The van der Waals surface area contributed by atoms with Crippen LogP contribution in [0.25, 0.3) is 0 Å². The standard InChI is InChI=1S/C13H17NO5S/c1-14(12(15)9-20(2,18)19)8-7-10-5-3-4-6-11(10)13(16)17/h3-6H,7-9H2,1-2H3,(H,16,17). The summed E-state index contributed by atoms with van der Waals surface area (Å²) in [6.45, 7) is 0.263. The Hall–Kier alpha value is -1.89. The number of hydrogen-bond acceptors (Lipinski definition) is 4. The third-order valence-corrected chi connectivity index (χ3v) is 3.55. The number of carbonyl (C=O) groups excluding carboxylic acids is 1. The lowest BCUT2D eigenvalue weighted by Gasteiger charge is -2.17. The van der Waals surface area contributed by atoms with Crippen molar-refractivity contribution in [2.24, 2.45) is 0 Å². The van der Waals surface area contributed by atoms with Gasteiger partial charge in [0.25, 0.3) is 0 Å². The van der Waals surface area contributed by atoms with Crippen molar-refractivity contribution in [2.75, 3.05) is 25.6 Å². The van der Waals surface area contributed by atoms with Gasteiger partial charge in [0.05, 0.1) is 5.56 Å². The number of sulfone groups is 1. The van der Waals surface area contributed by atoms with Crippen LogP contribution in [0.5, 0.6) is 0 Å². The van der Waals surface area contributed by atoms with Gasteiger partial charge in [0, 0.05) is 19.8 Å². The van der Waals surface area contributed by atoms with Gasteiger partial charge in [-0.1, -0.05) is 18.2 Å². The van der Waals surface area contributed by atoms with Crippen LogP contribution in [0.3, 0.4) is 0 Å². The molecule has 0 atom stereocenters. The lowest BCUT2D eigenvalue weighted by molar-refractivity contribution is -0.127. The summed E-state index contributed by atoms with van der Waals surface area (Å²) in [5, 5.41) is 9.03. The highest BCUT2D eigenvalue weighted by Gasteiger charge is 2.16. The van der Waals surface area contributed by atoms with Crippen LogP contribution in [0.15, 0.2) is 24.3 Å². The molecule has 1 aromatic carbocycles. The molecule has 0 aliphatic carbocycles. The van der Waals surface area contributed by atoms with Gasteiger partial charge in [0.1, 0.15) is 5.75 Å². The van der Waals surface area contributed by atoms with Crippen molar-refractivity contribution in [3.8, 4) is 0 Å². The average molecular weight is 299 g/mol. The fourth-order valence-electron chi connectivity index (χ4n) is 1.69. The molecule has 0 radical (unpaired) electrons. The third-order valence-electron chi connectivity index (χ3n) is 2.78. The highest BCUT2D eigenvalue weighted by Crippen LogP contribution is 2.10. The summed E-state index contributed by atoms with van der Waals surface area (Å²) in [6.07, 6.45) is 1.35. The lowest BCUT2D eigenvalue weighted by Crippen LogP contribution is -2.33. The zero-order valence-corrected chi connectivity index (χ0v) is 12.2. The molecule has 6 nitrogen and oxygen atoms in total. The predicted octanol–water partition coefficient (Wildman–Crippen LogP) is 0.430. The lowest BCUT2D eigenvalue weighted by atomic mass is 10.0. The minimum atomic E-state index is -3.36. The molecule has 0 saturated heterocycles. The summed E-state index contributed by atoms with van der Waals surface area (Å²) < 4.78 is 22.1. The second-order valence-electron chi connectivity index (χ2n) is 4.60. The molecule has 0 bridgehead atoms. The highest BCUT2D eigenvalue weighted by molar-refractivity contribution is 7.91. The normalized spacial score (nSPS) is 11.1. The maximum absolute atomic E-state index is 11.6. The number of amides is 1. The molecule has 0 fully saturated rings. The first-order valence-corrected chi connectivity index (χ1v) is 7.99. The van der Waals surface area contributed by atoms with Gasteiger partial charge in [-0.3, -0.25) is 4.79 Å². The van der Waals surface area contributed by atoms with Gasteiger partial charge in [0.2, 0.25) is 5.91 Å². The van der Waals surface area contributed by atoms with Crippen molar-refractivity contribution >= 4 is 21.7 Å². The number of likely N-dealkylation sites (N-methyl/N-ethyl adjacent to an activating group) is 1. The van der Waals surface area contributed by atoms with Gasteiger partial charge >= 0.3 is 5.97 Å². The Labute approximate surface area is 117 Å². The second kappa shape index (κ2) is 6.51. The Balaban J connectivity index is 2.68. The zero-order valence-electron chi connectivity index (χ0n) is 11.4. The van der Waals surface area contributed by atoms with Crippen molar-refractivity contribution in [1.29, 1.82) is 0 Å². The predicted molar refractivity (Wildman–Crippen MR) is 74.5 cm³/mol. The van der Waals surface area contributed by atoms with Crippen LogP contribution >= 0.6 is 0 Å². The number of carboxylic acids is 1. The van der Waals surface area contributed by atoms with Crippen molar-refractivity contribution in [3.05, 3.63) is 35.4 Å². The Morgan fingerprint density at radius 3 is 2.40 bits per heavy atom. The molecule has 1 N–H and O–H groups in total. The summed E-state index contributed by atoms with van der Waals surface area (Å²) in [5.41, 5.74) is 0.801. The Bertz CT molecular complexity index is 609. The summed E-state index contributed by atoms with van der Waals surface area (Å²) in [7, 11) is -1.86. The molecule has 20 heavy (non-hydrogen) atoms. The smallest absolute Gasteiger partial charge is 0.335 e. The van der Waals surface area contributed by atoms with Crippen LogP contribution in [-0.2, 0) is 21.1 Å². The van der Waals surface area contributed by atoms with E-state index in [4.69, 9.17) is 5.11 Å². The molecule has 1 aromatic rings. The van der Waals surface area contributed by atoms with Crippen LogP contribution in [0.1, 0.15) is 15.9 Å². The maximum atomic E-state index is 11.6. The first kappa shape index (κ1) is 16.2. The molecule has 0 spiro atoms. The van der Waals surface area contributed by atoms with Crippen molar-refractivity contribution < 1.29 is 23.1 Å². The number of nitrogens with zero attached hydrogens (tertiary/aromatic N) is 1. The number of carboxylic acid groups (broad SMARTS) is 1. The summed E-state index contributed by atoms with van der Waals surface area (Å²) >= 11 is 0. The molecule has 110 valence electrons. The maximum Gasteiger partial charge on any atom is 0.335 e. The summed E-state index contributed by atoms with van der Waals surface area (Å²) in [5.74, 6) is -2.06. The van der Waals surface area contributed by atoms with E-state index in [2.05, 4.69) is 0 Å². The minimum Gasteiger partial charge on any atom is -0.478 e. The number of hydrogen-bond donors (Lipinski definition) is 1. The first-order chi connectivity index (χ1) is 9.20. The number of rotatable bonds is 6. The molecule has 0 aliphatic rings. The number of aromatic carboxylic acids is 1. The Morgan fingerprint density at radius 1 is 1.25 bits per heavy atom. The SMILES string of the molecule is CN(CCc1ccccc1C(=O)O)C(=O)CS(C)(=O)=O.